The molecule has 2 N–H and O–H groups in total. The van der Waals surface area contributed by atoms with E-state index >= 15 is 0 Å². The van der Waals surface area contributed by atoms with E-state index < -0.39 is 5.41 Å². The lowest BCUT2D eigenvalue weighted by molar-refractivity contribution is 0.0756. The lowest BCUT2D eigenvalue weighted by atomic mass is 9.75. The molecule has 0 amide bonds. The molecule has 0 saturated heterocycles. The highest BCUT2D eigenvalue weighted by molar-refractivity contribution is 6.01. The Kier molecular flexibility index (Phi) is 5.04. The van der Waals surface area contributed by atoms with Crippen LogP contribution in [0.15, 0.2) is 6.20 Å². The topological polar surface area (TPSA) is 70.1 Å². The fraction of sp³-hybridized carbons (Fsp3) is 0.750. The zero-order chi connectivity index (χ0) is 15.5. The number of rotatable bonds is 5. The summed E-state index contributed by atoms with van der Waals surface area (Å²) in [6.07, 6.45) is 7.89. The van der Waals surface area contributed by atoms with Gasteiger partial charge in [0.15, 0.2) is 11.5 Å². The number of Topliss-reactive ketones (excluding diaryl/α,β-unsaturated/α-hetero) is 1. The van der Waals surface area contributed by atoms with E-state index in [0.29, 0.717) is 18.0 Å². The van der Waals surface area contributed by atoms with Crippen molar-refractivity contribution in [2.75, 3.05) is 13.7 Å². The van der Waals surface area contributed by atoms with Crippen molar-refractivity contribution < 1.29 is 9.53 Å². The van der Waals surface area contributed by atoms with Gasteiger partial charge in [0.2, 0.25) is 0 Å². The van der Waals surface area contributed by atoms with E-state index in [1.54, 1.807) is 18.0 Å². The van der Waals surface area contributed by atoms with Gasteiger partial charge in [-0.1, -0.05) is 25.7 Å². The highest BCUT2D eigenvalue weighted by Gasteiger charge is 2.41. The van der Waals surface area contributed by atoms with E-state index in [-0.39, 0.29) is 11.8 Å². The quantitative estimate of drug-likeness (QED) is 0.669. The van der Waals surface area contributed by atoms with Crippen LogP contribution in [0.25, 0.3) is 0 Å². The zero-order valence-electron chi connectivity index (χ0n) is 13.4. The standard InChI is InChI=1S/C16H27N3O2/c1-12(2)19-14(13(21-3)10-18-19)15(20)16(11-17)8-6-4-5-7-9-16/h10,12H,4-9,11,17H2,1-3H3. The van der Waals surface area contributed by atoms with E-state index in [0.717, 1.165) is 25.7 Å². The molecule has 0 unspecified atom stereocenters. The highest BCUT2D eigenvalue weighted by Crippen LogP contribution is 2.39. The van der Waals surface area contributed by atoms with Crippen molar-refractivity contribution in [3.8, 4) is 5.75 Å². The minimum Gasteiger partial charge on any atom is -0.493 e. The second kappa shape index (κ2) is 6.60. The Balaban J connectivity index is 2.43. The van der Waals surface area contributed by atoms with Crippen LogP contribution in [0.4, 0.5) is 0 Å². The Morgan fingerprint density at radius 1 is 1.38 bits per heavy atom. The van der Waals surface area contributed by atoms with Crippen LogP contribution in [0.2, 0.25) is 0 Å². The van der Waals surface area contributed by atoms with Gasteiger partial charge in [-0.3, -0.25) is 9.48 Å². The summed E-state index contributed by atoms with van der Waals surface area (Å²) in [7, 11) is 1.58. The van der Waals surface area contributed by atoms with Crippen molar-refractivity contribution in [2.45, 2.75) is 58.4 Å². The lowest BCUT2D eigenvalue weighted by Crippen LogP contribution is -2.39. The molecular formula is C16H27N3O2. The van der Waals surface area contributed by atoms with Crippen molar-refractivity contribution in [3.05, 3.63) is 11.9 Å². The predicted molar refractivity (Wildman–Crippen MR) is 82.7 cm³/mol. The van der Waals surface area contributed by atoms with Crippen LogP contribution in [0.1, 0.15) is 68.9 Å². The molecular weight excluding hydrogens is 266 g/mol. The summed E-state index contributed by atoms with van der Waals surface area (Å²) in [5, 5.41) is 4.32. The predicted octanol–water partition coefficient (Wildman–Crippen LogP) is 2.95. The smallest absolute Gasteiger partial charge is 0.192 e. The van der Waals surface area contributed by atoms with Gasteiger partial charge in [0.1, 0.15) is 5.69 Å². The molecule has 1 heterocycles. The molecule has 0 aliphatic heterocycles. The number of aromatic nitrogens is 2. The van der Waals surface area contributed by atoms with Gasteiger partial charge in [0.25, 0.3) is 0 Å². The van der Waals surface area contributed by atoms with Gasteiger partial charge in [0, 0.05) is 18.0 Å². The van der Waals surface area contributed by atoms with Crippen LogP contribution in [0.5, 0.6) is 5.75 Å². The molecule has 118 valence electrons. The molecule has 0 atom stereocenters. The van der Waals surface area contributed by atoms with Crippen LogP contribution in [0, 0.1) is 5.41 Å². The summed E-state index contributed by atoms with van der Waals surface area (Å²) < 4.78 is 7.13. The zero-order valence-corrected chi connectivity index (χ0v) is 13.4. The van der Waals surface area contributed by atoms with Gasteiger partial charge in [-0.15, -0.1) is 0 Å². The molecule has 1 aliphatic rings. The first-order valence-corrected chi connectivity index (χ1v) is 7.92. The second-order valence-corrected chi connectivity index (χ2v) is 6.33. The third-order valence-electron chi connectivity index (χ3n) is 4.62. The first-order valence-electron chi connectivity index (χ1n) is 7.92. The van der Waals surface area contributed by atoms with E-state index in [1.165, 1.54) is 12.8 Å². The number of ketones is 1. The van der Waals surface area contributed by atoms with Gasteiger partial charge in [-0.2, -0.15) is 5.10 Å². The number of hydrogen-bond acceptors (Lipinski definition) is 4. The number of carbonyl (C=O) groups excluding carboxylic acids is 1. The largest absolute Gasteiger partial charge is 0.493 e. The molecule has 2 rings (SSSR count). The van der Waals surface area contributed by atoms with Crippen LogP contribution in [-0.4, -0.2) is 29.2 Å². The molecule has 21 heavy (non-hydrogen) atoms. The van der Waals surface area contributed by atoms with Gasteiger partial charge in [0.05, 0.1) is 13.3 Å². The van der Waals surface area contributed by atoms with Crippen molar-refractivity contribution in [1.29, 1.82) is 0 Å². The SMILES string of the molecule is COc1cnn(C(C)C)c1C(=O)C1(CN)CCCCCC1. The van der Waals surface area contributed by atoms with Gasteiger partial charge in [-0.05, 0) is 26.7 Å². The summed E-state index contributed by atoms with van der Waals surface area (Å²) >= 11 is 0. The minimum absolute atomic E-state index is 0.106. The second-order valence-electron chi connectivity index (χ2n) is 6.33. The Hall–Kier alpha value is -1.36. The summed E-state index contributed by atoms with van der Waals surface area (Å²) in [6.45, 7) is 4.44. The molecule has 1 saturated carbocycles. The molecule has 1 fully saturated rings. The third kappa shape index (κ3) is 2.98. The fourth-order valence-electron chi connectivity index (χ4n) is 3.28. The molecule has 1 aromatic rings. The number of methoxy groups -OCH3 is 1. The first kappa shape index (κ1) is 16.0. The number of carbonyl (C=O) groups is 1. The molecule has 0 spiro atoms. The third-order valence-corrected chi connectivity index (χ3v) is 4.62. The molecule has 5 nitrogen and oxygen atoms in total. The van der Waals surface area contributed by atoms with Crippen molar-refractivity contribution in [2.24, 2.45) is 11.1 Å². The van der Waals surface area contributed by atoms with Crippen LogP contribution >= 0.6 is 0 Å². The summed E-state index contributed by atoms with van der Waals surface area (Å²) in [6, 6.07) is 0.119. The molecule has 5 heteroatoms. The number of nitrogens with two attached hydrogens (primary N) is 1. The summed E-state index contributed by atoms with van der Waals surface area (Å²) in [4.78, 5) is 13.3. The number of ether oxygens (including phenoxy) is 1. The monoisotopic (exact) mass is 293 g/mol. The van der Waals surface area contributed by atoms with Gasteiger partial charge >= 0.3 is 0 Å². The maximum atomic E-state index is 13.3. The molecule has 1 aliphatic carbocycles. The van der Waals surface area contributed by atoms with E-state index in [4.69, 9.17) is 10.5 Å². The van der Waals surface area contributed by atoms with Crippen molar-refractivity contribution in [3.63, 3.8) is 0 Å². The van der Waals surface area contributed by atoms with Gasteiger partial charge < -0.3 is 10.5 Å². The van der Waals surface area contributed by atoms with Crippen LogP contribution in [-0.2, 0) is 0 Å². The van der Waals surface area contributed by atoms with E-state index in [9.17, 15) is 4.79 Å². The highest BCUT2D eigenvalue weighted by atomic mass is 16.5. The normalized spacial score (nSPS) is 18.5. The van der Waals surface area contributed by atoms with Crippen molar-refractivity contribution >= 4 is 5.78 Å². The molecule has 1 aromatic heterocycles. The maximum absolute atomic E-state index is 13.3. The Morgan fingerprint density at radius 3 is 2.48 bits per heavy atom. The molecule has 0 bridgehead atoms. The molecule has 0 radical (unpaired) electrons. The summed E-state index contributed by atoms with van der Waals surface area (Å²) in [5.74, 6) is 0.667. The van der Waals surface area contributed by atoms with E-state index in [2.05, 4.69) is 5.10 Å². The maximum Gasteiger partial charge on any atom is 0.192 e. The van der Waals surface area contributed by atoms with Crippen LogP contribution < -0.4 is 10.5 Å². The lowest BCUT2D eigenvalue weighted by Gasteiger charge is -2.30. The average Bonchev–Trinajstić information content (AvgIpc) is 2.77. The first-order chi connectivity index (χ1) is 10.1. The van der Waals surface area contributed by atoms with Gasteiger partial charge in [-0.25, -0.2) is 0 Å². The fourth-order valence-corrected chi connectivity index (χ4v) is 3.28. The Morgan fingerprint density at radius 2 is 2.00 bits per heavy atom. The number of nitrogens with zero attached hydrogens (tertiary/aromatic N) is 2. The summed E-state index contributed by atoms with van der Waals surface area (Å²) in [5.41, 5.74) is 6.18. The minimum atomic E-state index is -0.448. The van der Waals surface area contributed by atoms with E-state index in [1.807, 2.05) is 13.8 Å². The van der Waals surface area contributed by atoms with Crippen LogP contribution in [0.3, 0.4) is 0 Å². The average molecular weight is 293 g/mol. The van der Waals surface area contributed by atoms with Crippen molar-refractivity contribution in [1.82, 2.24) is 9.78 Å². The number of hydrogen-bond donors (Lipinski definition) is 1. The molecule has 0 aromatic carbocycles. The Bertz CT molecular complexity index is 486. The Labute approximate surface area is 126 Å².